The maximum atomic E-state index is 12.7. The van der Waals surface area contributed by atoms with Gasteiger partial charge in [-0.2, -0.15) is 10.1 Å². The number of halogens is 1. The molecular formula is C22H28ClN6O2P. The summed E-state index contributed by atoms with van der Waals surface area (Å²) >= 11 is 6.34. The highest BCUT2D eigenvalue weighted by molar-refractivity contribution is 7.70. The highest BCUT2D eigenvalue weighted by Gasteiger charge is 2.23. The van der Waals surface area contributed by atoms with Gasteiger partial charge in [0.05, 0.1) is 41.6 Å². The van der Waals surface area contributed by atoms with E-state index in [0.717, 1.165) is 42.4 Å². The molecule has 0 amide bonds. The van der Waals surface area contributed by atoms with Crippen LogP contribution in [-0.2, 0) is 4.57 Å². The number of nitrogens with zero attached hydrogens (tertiary/aromatic N) is 4. The molecule has 4 rings (SSSR count). The number of para-hydroxylation sites is 1. The molecule has 1 saturated carbocycles. The Morgan fingerprint density at radius 3 is 2.53 bits per heavy atom. The molecule has 1 aromatic carbocycles. The lowest BCUT2D eigenvalue weighted by Gasteiger charge is -2.26. The molecule has 0 bridgehead atoms. The first kappa shape index (κ1) is 22.8. The quantitative estimate of drug-likeness (QED) is 0.439. The van der Waals surface area contributed by atoms with Crippen LogP contribution in [0.3, 0.4) is 0 Å². The minimum atomic E-state index is -2.49. The molecule has 0 radical (unpaired) electrons. The maximum absolute atomic E-state index is 12.7. The Balaban J connectivity index is 1.55. The molecule has 8 nitrogen and oxygen atoms in total. The summed E-state index contributed by atoms with van der Waals surface area (Å²) in [4.78, 5) is 8.83. The van der Waals surface area contributed by atoms with E-state index < -0.39 is 7.14 Å². The van der Waals surface area contributed by atoms with Crippen LogP contribution in [-0.4, -0.2) is 44.3 Å². The van der Waals surface area contributed by atoms with Crippen LogP contribution in [0.4, 0.5) is 23.1 Å². The highest BCUT2D eigenvalue weighted by Crippen LogP contribution is 2.38. The van der Waals surface area contributed by atoms with Gasteiger partial charge in [-0.3, -0.25) is 4.68 Å². The number of anilines is 4. The molecule has 1 fully saturated rings. The number of benzene rings is 1. The van der Waals surface area contributed by atoms with E-state index >= 15 is 0 Å². The molecule has 1 aliphatic carbocycles. The molecular weight excluding hydrogens is 447 g/mol. The van der Waals surface area contributed by atoms with Crippen molar-refractivity contribution < 1.29 is 9.67 Å². The molecule has 0 saturated heterocycles. The number of rotatable bonds is 6. The second-order valence-corrected chi connectivity index (χ2v) is 12.1. The predicted molar refractivity (Wildman–Crippen MR) is 130 cm³/mol. The fraction of sp³-hybridized carbons (Fsp3) is 0.409. The fourth-order valence-corrected chi connectivity index (χ4v) is 5.32. The molecule has 0 aliphatic heterocycles. The average molecular weight is 475 g/mol. The summed E-state index contributed by atoms with van der Waals surface area (Å²) in [5.41, 5.74) is 2.51. The van der Waals surface area contributed by atoms with Crippen molar-refractivity contribution in [1.29, 1.82) is 0 Å². The summed E-state index contributed by atoms with van der Waals surface area (Å²) in [6.07, 6.45) is 6.51. The van der Waals surface area contributed by atoms with Gasteiger partial charge in [0, 0.05) is 5.30 Å². The normalized spacial score (nSPS) is 19.0. The molecule has 3 aromatic rings. The summed E-state index contributed by atoms with van der Waals surface area (Å²) in [7, 11) is -2.49. The van der Waals surface area contributed by atoms with Crippen LogP contribution in [0.1, 0.15) is 37.4 Å². The van der Waals surface area contributed by atoms with E-state index in [4.69, 9.17) is 11.6 Å². The first-order chi connectivity index (χ1) is 15.2. The van der Waals surface area contributed by atoms with Gasteiger partial charge in [0.25, 0.3) is 0 Å². The van der Waals surface area contributed by atoms with Crippen molar-refractivity contribution in [2.45, 2.75) is 44.8 Å². The number of aliphatic hydroxyl groups is 1. The first-order valence-electron chi connectivity index (χ1n) is 10.7. The van der Waals surface area contributed by atoms with Gasteiger partial charge in [-0.25, -0.2) is 4.98 Å². The summed E-state index contributed by atoms with van der Waals surface area (Å²) < 4.78 is 14.7. The van der Waals surface area contributed by atoms with Crippen molar-refractivity contribution in [1.82, 2.24) is 19.7 Å². The Hall–Kier alpha value is -2.41. The zero-order chi connectivity index (χ0) is 22.9. The monoisotopic (exact) mass is 474 g/mol. The Morgan fingerprint density at radius 1 is 1.09 bits per heavy atom. The van der Waals surface area contributed by atoms with E-state index in [-0.39, 0.29) is 12.1 Å². The van der Waals surface area contributed by atoms with Crippen molar-refractivity contribution in [2.24, 2.45) is 0 Å². The van der Waals surface area contributed by atoms with E-state index in [1.165, 1.54) is 6.20 Å². The zero-order valence-corrected chi connectivity index (χ0v) is 20.1. The Morgan fingerprint density at radius 2 is 1.81 bits per heavy atom. The minimum Gasteiger partial charge on any atom is -0.393 e. The van der Waals surface area contributed by atoms with Crippen molar-refractivity contribution in [2.75, 3.05) is 24.0 Å². The average Bonchev–Trinajstić information content (AvgIpc) is 3.11. The van der Waals surface area contributed by atoms with Crippen LogP contribution in [0.15, 0.2) is 36.7 Å². The zero-order valence-electron chi connectivity index (χ0n) is 18.4. The van der Waals surface area contributed by atoms with E-state index in [0.29, 0.717) is 22.5 Å². The second-order valence-electron chi connectivity index (χ2n) is 8.56. The molecule has 0 spiro atoms. The molecule has 10 heteroatoms. The molecule has 2 aromatic heterocycles. The molecule has 0 atom stereocenters. The van der Waals surface area contributed by atoms with Gasteiger partial charge in [-0.05, 0) is 58.1 Å². The van der Waals surface area contributed by atoms with Gasteiger partial charge in [-0.15, -0.1) is 0 Å². The van der Waals surface area contributed by atoms with Gasteiger partial charge < -0.3 is 20.3 Å². The fourth-order valence-electron chi connectivity index (χ4n) is 4.03. The first-order valence-corrected chi connectivity index (χ1v) is 13.6. The molecule has 1 aliphatic rings. The van der Waals surface area contributed by atoms with Gasteiger partial charge in [-0.1, -0.05) is 23.7 Å². The third-order valence-corrected chi connectivity index (χ3v) is 7.61. The lowest BCUT2D eigenvalue weighted by atomic mass is 9.93. The lowest BCUT2D eigenvalue weighted by Crippen LogP contribution is -2.22. The Bertz CT molecular complexity index is 1150. The lowest BCUT2D eigenvalue weighted by molar-refractivity contribution is 0.107. The van der Waals surface area contributed by atoms with Crippen LogP contribution >= 0.6 is 18.7 Å². The maximum Gasteiger partial charge on any atom is 0.229 e. The van der Waals surface area contributed by atoms with Crippen LogP contribution in [0.5, 0.6) is 0 Å². The summed E-state index contributed by atoms with van der Waals surface area (Å²) in [6, 6.07) is 7.72. The Labute approximate surface area is 192 Å². The van der Waals surface area contributed by atoms with Gasteiger partial charge in [0.15, 0.2) is 5.82 Å². The van der Waals surface area contributed by atoms with E-state index in [9.17, 15) is 9.67 Å². The molecule has 170 valence electrons. The summed E-state index contributed by atoms with van der Waals surface area (Å²) in [5, 5.41) is 21.9. The summed E-state index contributed by atoms with van der Waals surface area (Å²) in [6.45, 7) is 5.47. The largest absolute Gasteiger partial charge is 0.393 e. The van der Waals surface area contributed by atoms with Gasteiger partial charge >= 0.3 is 0 Å². The van der Waals surface area contributed by atoms with Crippen LogP contribution in [0.2, 0.25) is 5.02 Å². The second kappa shape index (κ2) is 9.22. The topological polar surface area (TPSA) is 105 Å². The standard InChI is InChI=1S/C22H28ClN6O2P/c1-14-19(13-25-29(14)15-8-10-16(30)11-9-15)27-22-24-12-17(23)21(28-22)26-18-6-4-5-7-20(18)32(2,3)31/h4-7,12-13,15-16,30H,8-11H2,1-3H3,(H2,24,26,27,28). The molecule has 0 unspecified atom stereocenters. The highest BCUT2D eigenvalue weighted by atomic mass is 35.5. The number of nitrogens with one attached hydrogen (secondary N) is 2. The van der Waals surface area contributed by atoms with Crippen LogP contribution < -0.4 is 15.9 Å². The Kier molecular flexibility index (Phi) is 6.56. The minimum absolute atomic E-state index is 0.201. The number of hydrogen-bond donors (Lipinski definition) is 3. The predicted octanol–water partition coefficient (Wildman–Crippen LogP) is 4.85. The number of aromatic nitrogens is 4. The van der Waals surface area contributed by atoms with E-state index in [1.807, 2.05) is 35.9 Å². The third kappa shape index (κ3) is 4.98. The summed E-state index contributed by atoms with van der Waals surface area (Å²) in [5.74, 6) is 0.809. The number of hydrogen-bond acceptors (Lipinski definition) is 7. The SMILES string of the molecule is Cc1c(Nc2ncc(Cl)c(Nc3ccccc3P(C)(C)=O)n2)cnn1C1CCC(O)CC1. The van der Waals surface area contributed by atoms with Crippen molar-refractivity contribution in [3.63, 3.8) is 0 Å². The van der Waals surface area contributed by atoms with Gasteiger partial charge in [0.1, 0.15) is 12.2 Å². The van der Waals surface area contributed by atoms with Crippen molar-refractivity contribution >= 4 is 47.2 Å². The molecule has 32 heavy (non-hydrogen) atoms. The smallest absolute Gasteiger partial charge is 0.229 e. The van der Waals surface area contributed by atoms with E-state index in [2.05, 4.69) is 25.7 Å². The van der Waals surface area contributed by atoms with E-state index in [1.54, 1.807) is 19.5 Å². The molecule has 2 heterocycles. The number of aliphatic hydroxyl groups excluding tert-OH is 1. The molecule has 3 N–H and O–H groups in total. The van der Waals surface area contributed by atoms with Crippen LogP contribution in [0.25, 0.3) is 0 Å². The van der Waals surface area contributed by atoms with Gasteiger partial charge in [0.2, 0.25) is 5.95 Å². The van der Waals surface area contributed by atoms with Crippen molar-refractivity contribution in [3.8, 4) is 0 Å². The van der Waals surface area contributed by atoms with Crippen molar-refractivity contribution in [3.05, 3.63) is 47.4 Å². The third-order valence-electron chi connectivity index (χ3n) is 5.78. The van der Waals surface area contributed by atoms with Crippen LogP contribution in [0, 0.1) is 6.92 Å².